The summed E-state index contributed by atoms with van der Waals surface area (Å²) in [6, 6.07) is 8.11. The van der Waals surface area contributed by atoms with Crippen LogP contribution in [0.25, 0.3) is 0 Å². The number of nitrogens with one attached hydrogen (secondary N) is 1. The molecule has 0 spiro atoms. The SMILES string of the molecule is COC(=O)C(Br)CNc1ccccc1C(C)C. The maximum atomic E-state index is 11.2. The van der Waals surface area contributed by atoms with Gasteiger partial charge < -0.3 is 10.1 Å². The molecule has 1 N–H and O–H groups in total. The van der Waals surface area contributed by atoms with Crippen molar-refractivity contribution < 1.29 is 9.53 Å². The molecule has 1 unspecified atom stereocenters. The first kappa shape index (κ1) is 14.0. The fraction of sp³-hybridized carbons (Fsp3) is 0.462. The van der Waals surface area contributed by atoms with E-state index >= 15 is 0 Å². The van der Waals surface area contributed by atoms with Gasteiger partial charge >= 0.3 is 5.97 Å². The summed E-state index contributed by atoms with van der Waals surface area (Å²) in [6.07, 6.45) is 0. The van der Waals surface area contributed by atoms with Crippen LogP contribution in [-0.2, 0) is 9.53 Å². The molecule has 0 aliphatic heterocycles. The first-order chi connectivity index (χ1) is 8.06. The van der Waals surface area contributed by atoms with Crippen LogP contribution >= 0.6 is 15.9 Å². The molecular weight excluding hydrogens is 282 g/mol. The van der Waals surface area contributed by atoms with E-state index in [1.54, 1.807) is 0 Å². The zero-order valence-electron chi connectivity index (χ0n) is 10.4. The van der Waals surface area contributed by atoms with Crippen molar-refractivity contribution in [3.63, 3.8) is 0 Å². The molecule has 0 amide bonds. The average molecular weight is 300 g/mol. The second-order valence-electron chi connectivity index (χ2n) is 4.11. The van der Waals surface area contributed by atoms with Crippen LogP contribution in [-0.4, -0.2) is 24.5 Å². The molecule has 0 heterocycles. The molecule has 3 nitrogen and oxygen atoms in total. The molecule has 1 aromatic rings. The van der Waals surface area contributed by atoms with Crippen LogP contribution in [0.4, 0.5) is 5.69 Å². The van der Waals surface area contributed by atoms with Crippen LogP contribution < -0.4 is 5.32 Å². The van der Waals surface area contributed by atoms with Crippen LogP contribution in [0.3, 0.4) is 0 Å². The smallest absolute Gasteiger partial charge is 0.321 e. The molecule has 0 fully saturated rings. The van der Waals surface area contributed by atoms with Gasteiger partial charge in [0.25, 0.3) is 0 Å². The van der Waals surface area contributed by atoms with Gasteiger partial charge in [0, 0.05) is 12.2 Å². The highest BCUT2D eigenvalue weighted by molar-refractivity contribution is 9.10. The first-order valence-electron chi connectivity index (χ1n) is 5.61. The maximum absolute atomic E-state index is 11.2. The summed E-state index contributed by atoms with van der Waals surface area (Å²) in [5, 5.41) is 3.26. The fourth-order valence-corrected chi connectivity index (χ4v) is 1.92. The van der Waals surface area contributed by atoms with Gasteiger partial charge in [0.15, 0.2) is 0 Å². The third kappa shape index (κ3) is 4.04. The van der Waals surface area contributed by atoms with E-state index in [9.17, 15) is 4.79 Å². The highest BCUT2D eigenvalue weighted by atomic mass is 79.9. The highest BCUT2D eigenvalue weighted by Gasteiger charge is 2.15. The van der Waals surface area contributed by atoms with Gasteiger partial charge in [0.05, 0.1) is 7.11 Å². The van der Waals surface area contributed by atoms with E-state index in [0.29, 0.717) is 12.5 Å². The Bertz CT molecular complexity index is 379. The van der Waals surface area contributed by atoms with Gasteiger partial charge in [0.1, 0.15) is 4.83 Å². The van der Waals surface area contributed by atoms with Crippen molar-refractivity contribution in [2.75, 3.05) is 19.0 Å². The van der Waals surface area contributed by atoms with Crippen LogP contribution in [0.2, 0.25) is 0 Å². The highest BCUT2D eigenvalue weighted by Crippen LogP contribution is 2.23. The van der Waals surface area contributed by atoms with E-state index in [4.69, 9.17) is 0 Å². The summed E-state index contributed by atoms with van der Waals surface area (Å²) in [5.74, 6) is 0.185. The van der Waals surface area contributed by atoms with Crippen molar-refractivity contribution in [2.24, 2.45) is 0 Å². The number of carbonyl (C=O) groups excluding carboxylic acids is 1. The van der Waals surface area contributed by atoms with E-state index in [2.05, 4.69) is 45.9 Å². The second kappa shape index (κ2) is 6.64. The third-order valence-electron chi connectivity index (χ3n) is 2.51. The van der Waals surface area contributed by atoms with E-state index in [1.165, 1.54) is 12.7 Å². The van der Waals surface area contributed by atoms with Crippen LogP contribution in [0.15, 0.2) is 24.3 Å². The second-order valence-corrected chi connectivity index (χ2v) is 5.22. The number of ether oxygens (including phenoxy) is 1. The van der Waals surface area contributed by atoms with Crippen LogP contribution in [0.1, 0.15) is 25.3 Å². The number of esters is 1. The summed E-state index contributed by atoms with van der Waals surface area (Å²) >= 11 is 3.29. The predicted octanol–water partition coefficient (Wildman–Crippen LogP) is 3.16. The van der Waals surface area contributed by atoms with E-state index in [-0.39, 0.29) is 10.8 Å². The van der Waals surface area contributed by atoms with E-state index < -0.39 is 0 Å². The van der Waals surface area contributed by atoms with Crippen molar-refractivity contribution in [1.82, 2.24) is 0 Å². The molecule has 0 saturated heterocycles. The number of rotatable bonds is 5. The molecule has 17 heavy (non-hydrogen) atoms. The lowest BCUT2D eigenvalue weighted by Gasteiger charge is -2.16. The van der Waals surface area contributed by atoms with Crippen molar-refractivity contribution in [3.8, 4) is 0 Å². The summed E-state index contributed by atoms with van der Waals surface area (Å²) < 4.78 is 4.65. The Morgan fingerprint density at radius 3 is 2.65 bits per heavy atom. The summed E-state index contributed by atoms with van der Waals surface area (Å²) in [6.45, 7) is 4.80. The molecule has 0 bridgehead atoms. The van der Waals surface area contributed by atoms with Crippen LogP contribution in [0, 0.1) is 0 Å². The topological polar surface area (TPSA) is 38.3 Å². The third-order valence-corrected chi connectivity index (χ3v) is 3.21. The minimum Gasteiger partial charge on any atom is -0.468 e. The Morgan fingerprint density at radius 2 is 2.06 bits per heavy atom. The zero-order valence-corrected chi connectivity index (χ0v) is 12.0. The van der Waals surface area contributed by atoms with Gasteiger partial charge in [-0.3, -0.25) is 4.79 Å². The monoisotopic (exact) mass is 299 g/mol. The van der Waals surface area contributed by atoms with Crippen molar-refractivity contribution >= 4 is 27.6 Å². The maximum Gasteiger partial charge on any atom is 0.321 e. The summed E-state index contributed by atoms with van der Waals surface area (Å²) in [4.78, 5) is 10.9. The lowest BCUT2D eigenvalue weighted by atomic mass is 10.0. The molecule has 1 aromatic carbocycles. The van der Waals surface area contributed by atoms with Gasteiger partial charge in [-0.15, -0.1) is 0 Å². The predicted molar refractivity (Wildman–Crippen MR) is 73.8 cm³/mol. The molecular formula is C13H18BrNO2. The number of para-hydroxylation sites is 1. The number of halogens is 1. The number of hydrogen-bond donors (Lipinski definition) is 1. The Hall–Kier alpha value is -1.03. The summed E-state index contributed by atoms with van der Waals surface area (Å²) in [5.41, 5.74) is 2.31. The van der Waals surface area contributed by atoms with Crippen molar-refractivity contribution in [1.29, 1.82) is 0 Å². The summed E-state index contributed by atoms with van der Waals surface area (Å²) in [7, 11) is 1.39. The molecule has 94 valence electrons. The van der Waals surface area contributed by atoms with Crippen LogP contribution in [0.5, 0.6) is 0 Å². The number of hydrogen-bond acceptors (Lipinski definition) is 3. The standard InChI is InChI=1S/C13H18BrNO2/c1-9(2)10-6-4-5-7-12(10)15-8-11(14)13(16)17-3/h4-7,9,11,15H,8H2,1-3H3. The Balaban J connectivity index is 2.66. The molecule has 1 atom stereocenters. The first-order valence-corrected chi connectivity index (χ1v) is 6.52. The van der Waals surface area contributed by atoms with Gasteiger partial charge in [-0.05, 0) is 17.5 Å². The van der Waals surface area contributed by atoms with Gasteiger partial charge in [-0.2, -0.15) is 0 Å². The molecule has 0 aromatic heterocycles. The van der Waals surface area contributed by atoms with E-state index in [0.717, 1.165) is 5.69 Å². The average Bonchev–Trinajstić information content (AvgIpc) is 2.35. The number of anilines is 1. The van der Waals surface area contributed by atoms with Gasteiger partial charge in [-0.1, -0.05) is 48.0 Å². The lowest BCUT2D eigenvalue weighted by Crippen LogP contribution is -2.24. The molecule has 1 rings (SSSR count). The number of carbonyl (C=O) groups is 1. The molecule has 0 radical (unpaired) electrons. The van der Waals surface area contributed by atoms with E-state index in [1.807, 2.05) is 18.2 Å². The molecule has 0 aliphatic carbocycles. The number of alkyl halides is 1. The van der Waals surface area contributed by atoms with Gasteiger partial charge in [-0.25, -0.2) is 0 Å². The molecule has 4 heteroatoms. The molecule has 0 saturated carbocycles. The Morgan fingerprint density at radius 1 is 1.41 bits per heavy atom. The largest absolute Gasteiger partial charge is 0.468 e. The van der Waals surface area contributed by atoms with Crippen molar-refractivity contribution in [3.05, 3.63) is 29.8 Å². The van der Waals surface area contributed by atoms with Crippen molar-refractivity contribution in [2.45, 2.75) is 24.6 Å². The Labute approximate surface area is 111 Å². The number of methoxy groups -OCH3 is 1. The molecule has 0 aliphatic rings. The number of benzene rings is 1. The minimum atomic E-state index is -0.326. The lowest BCUT2D eigenvalue weighted by molar-refractivity contribution is -0.139. The quantitative estimate of drug-likeness (QED) is 0.670. The fourth-order valence-electron chi connectivity index (χ4n) is 1.57. The Kier molecular flexibility index (Phi) is 5.48. The zero-order chi connectivity index (χ0) is 12.8. The van der Waals surface area contributed by atoms with Gasteiger partial charge in [0.2, 0.25) is 0 Å². The normalized spacial score (nSPS) is 12.3. The minimum absolute atomic E-state index is 0.264.